The number of anilines is 1. The van der Waals surface area contributed by atoms with Crippen molar-refractivity contribution < 1.29 is 0 Å². The van der Waals surface area contributed by atoms with E-state index in [0.717, 1.165) is 28.3 Å². The second kappa shape index (κ2) is 9.03. The number of rotatable bonds is 4. The number of hydrogen-bond acceptors (Lipinski definition) is 3. The Bertz CT molecular complexity index is 1310. The van der Waals surface area contributed by atoms with E-state index in [1.54, 1.807) is 0 Å². The van der Waals surface area contributed by atoms with Gasteiger partial charge in [-0.05, 0) is 34.2 Å². The zero-order valence-electron chi connectivity index (χ0n) is 19.9. The van der Waals surface area contributed by atoms with Crippen molar-refractivity contribution in [1.82, 2.24) is 5.43 Å². The van der Waals surface area contributed by atoms with Gasteiger partial charge in [0.1, 0.15) is 0 Å². The Morgan fingerprint density at radius 3 is 1.74 bits per heavy atom. The molecule has 168 valence electrons. The molecule has 0 saturated carbocycles. The van der Waals surface area contributed by atoms with E-state index in [-0.39, 0.29) is 5.41 Å². The van der Waals surface area contributed by atoms with Crippen molar-refractivity contribution in [2.75, 3.05) is 4.90 Å². The van der Waals surface area contributed by atoms with Crippen molar-refractivity contribution >= 4 is 17.2 Å². The van der Waals surface area contributed by atoms with E-state index in [9.17, 15) is 0 Å². The van der Waals surface area contributed by atoms with E-state index < -0.39 is 0 Å². The summed E-state index contributed by atoms with van der Waals surface area (Å²) in [5.74, 6) is 0.864. The third-order valence-corrected chi connectivity index (χ3v) is 6.14. The smallest absolute Gasteiger partial charge is 0.165 e. The van der Waals surface area contributed by atoms with Gasteiger partial charge >= 0.3 is 0 Å². The lowest BCUT2D eigenvalue weighted by atomic mass is 9.86. The van der Waals surface area contributed by atoms with Crippen LogP contribution >= 0.6 is 0 Å². The summed E-state index contributed by atoms with van der Waals surface area (Å²) in [6, 6.07) is 38.3. The maximum Gasteiger partial charge on any atom is 0.165 e. The Labute approximate surface area is 202 Å². The first-order chi connectivity index (χ1) is 16.5. The van der Waals surface area contributed by atoms with Crippen molar-refractivity contribution in [1.29, 1.82) is 0 Å². The largest absolute Gasteiger partial charge is 0.291 e. The molecule has 5 rings (SSSR count). The van der Waals surface area contributed by atoms with Crippen LogP contribution in [0.25, 0.3) is 16.8 Å². The van der Waals surface area contributed by atoms with Gasteiger partial charge in [0.15, 0.2) is 5.84 Å². The molecule has 0 bridgehead atoms. The van der Waals surface area contributed by atoms with Gasteiger partial charge < -0.3 is 0 Å². The first-order valence-corrected chi connectivity index (χ1v) is 11.7. The van der Waals surface area contributed by atoms with Crippen LogP contribution in [0.5, 0.6) is 0 Å². The van der Waals surface area contributed by atoms with Crippen LogP contribution in [-0.2, 0) is 5.41 Å². The SMILES string of the molecule is CC(C)(C)c1ccc(C2=CNN=C(c3ccc(-c4ccccc4)cc3)N2c2ccccc2)cc1. The van der Waals surface area contributed by atoms with Crippen molar-refractivity contribution in [3.63, 3.8) is 0 Å². The molecule has 1 N–H and O–H groups in total. The molecule has 3 heteroatoms. The van der Waals surface area contributed by atoms with Crippen LogP contribution in [0.4, 0.5) is 5.69 Å². The molecule has 0 saturated heterocycles. The Morgan fingerprint density at radius 1 is 0.588 bits per heavy atom. The summed E-state index contributed by atoms with van der Waals surface area (Å²) >= 11 is 0. The fourth-order valence-electron chi connectivity index (χ4n) is 4.21. The van der Waals surface area contributed by atoms with E-state index in [4.69, 9.17) is 5.10 Å². The lowest BCUT2D eigenvalue weighted by Crippen LogP contribution is -2.35. The zero-order chi connectivity index (χ0) is 23.5. The lowest BCUT2D eigenvalue weighted by Gasteiger charge is -2.32. The quantitative estimate of drug-likeness (QED) is 0.355. The molecule has 1 aliphatic rings. The molecule has 0 radical (unpaired) electrons. The molecule has 0 aromatic heterocycles. The second-order valence-electron chi connectivity index (χ2n) is 9.54. The molecule has 34 heavy (non-hydrogen) atoms. The summed E-state index contributed by atoms with van der Waals surface area (Å²) in [7, 11) is 0. The molecular weight excluding hydrogens is 414 g/mol. The predicted octanol–water partition coefficient (Wildman–Crippen LogP) is 7.42. The zero-order valence-corrected chi connectivity index (χ0v) is 19.9. The summed E-state index contributed by atoms with van der Waals surface area (Å²) in [4.78, 5) is 2.22. The average Bonchev–Trinajstić information content (AvgIpc) is 2.89. The molecule has 4 aromatic carbocycles. The van der Waals surface area contributed by atoms with Gasteiger partial charge in [0.25, 0.3) is 0 Å². The minimum atomic E-state index is 0.115. The Morgan fingerprint density at radius 2 is 1.12 bits per heavy atom. The number of nitrogens with zero attached hydrogens (tertiary/aromatic N) is 2. The van der Waals surface area contributed by atoms with Crippen molar-refractivity contribution in [3.8, 4) is 11.1 Å². The fourth-order valence-corrected chi connectivity index (χ4v) is 4.21. The highest BCUT2D eigenvalue weighted by Gasteiger charge is 2.25. The standard InChI is InChI=1S/C31H29N3/c1-31(2,3)27-20-18-25(19-21-27)29-22-32-33-30(34(29)28-12-8-5-9-13-28)26-16-14-24(15-17-26)23-10-6-4-7-11-23/h4-22,32H,1-3H3. The first kappa shape index (κ1) is 21.7. The van der Waals surface area contributed by atoms with Crippen molar-refractivity contribution in [2.45, 2.75) is 26.2 Å². The Balaban J connectivity index is 1.53. The first-order valence-electron chi connectivity index (χ1n) is 11.7. The number of amidine groups is 1. The highest BCUT2D eigenvalue weighted by atomic mass is 15.4. The summed E-state index contributed by atoms with van der Waals surface area (Å²) in [6.45, 7) is 6.72. The van der Waals surface area contributed by atoms with Gasteiger partial charge in [-0.2, -0.15) is 5.10 Å². The molecule has 4 aromatic rings. The molecule has 3 nitrogen and oxygen atoms in total. The highest BCUT2D eigenvalue weighted by Crippen LogP contribution is 2.32. The molecule has 0 unspecified atom stereocenters. The molecule has 0 aliphatic carbocycles. The predicted molar refractivity (Wildman–Crippen MR) is 144 cm³/mol. The third-order valence-electron chi connectivity index (χ3n) is 6.14. The average molecular weight is 444 g/mol. The van der Waals surface area contributed by atoms with Gasteiger partial charge in [-0.25, -0.2) is 0 Å². The fraction of sp³-hybridized carbons (Fsp3) is 0.129. The monoisotopic (exact) mass is 443 g/mol. The molecule has 1 aliphatic heterocycles. The highest BCUT2D eigenvalue weighted by molar-refractivity contribution is 6.18. The Kier molecular flexibility index (Phi) is 5.77. The van der Waals surface area contributed by atoms with Crippen LogP contribution in [0.2, 0.25) is 0 Å². The molecule has 0 spiro atoms. The maximum atomic E-state index is 4.71. The topological polar surface area (TPSA) is 27.6 Å². The van der Waals surface area contributed by atoms with E-state index in [1.807, 2.05) is 18.3 Å². The minimum Gasteiger partial charge on any atom is -0.291 e. The van der Waals surface area contributed by atoms with Gasteiger partial charge in [-0.15, -0.1) is 0 Å². The summed E-state index contributed by atoms with van der Waals surface area (Å²) < 4.78 is 0. The van der Waals surface area contributed by atoms with E-state index >= 15 is 0 Å². The number of para-hydroxylation sites is 1. The van der Waals surface area contributed by atoms with Gasteiger partial charge in [0.2, 0.25) is 0 Å². The molecule has 1 heterocycles. The van der Waals surface area contributed by atoms with Crippen molar-refractivity contribution in [2.24, 2.45) is 5.10 Å². The van der Waals surface area contributed by atoms with Crippen molar-refractivity contribution in [3.05, 3.63) is 132 Å². The summed E-state index contributed by atoms with van der Waals surface area (Å²) in [5, 5.41) is 4.71. The number of hydrogen-bond donors (Lipinski definition) is 1. The maximum absolute atomic E-state index is 4.71. The van der Waals surface area contributed by atoms with E-state index in [0.29, 0.717) is 0 Å². The second-order valence-corrected chi connectivity index (χ2v) is 9.54. The number of benzene rings is 4. The van der Waals surface area contributed by atoms with Gasteiger partial charge in [-0.1, -0.05) is 118 Å². The number of nitrogens with one attached hydrogen (secondary N) is 1. The molecule has 0 atom stereocenters. The third kappa shape index (κ3) is 4.38. The molecule has 0 fully saturated rings. The van der Waals surface area contributed by atoms with Gasteiger partial charge in [0, 0.05) is 23.0 Å². The minimum absolute atomic E-state index is 0.115. The van der Waals surface area contributed by atoms with Crippen LogP contribution in [0.15, 0.2) is 120 Å². The number of hydrazone groups is 1. The van der Waals surface area contributed by atoms with Gasteiger partial charge in [-0.3, -0.25) is 10.3 Å². The van der Waals surface area contributed by atoms with E-state index in [1.165, 1.54) is 16.7 Å². The summed E-state index contributed by atoms with van der Waals surface area (Å²) in [6.07, 6.45) is 1.97. The summed E-state index contributed by atoms with van der Waals surface area (Å²) in [5.41, 5.74) is 11.3. The van der Waals surface area contributed by atoms with Crippen LogP contribution in [-0.4, -0.2) is 5.84 Å². The molecule has 0 amide bonds. The van der Waals surface area contributed by atoms with Crippen LogP contribution in [0, 0.1) is 0 Å². The van der Waals surface area contributed by atoms with Crippen LogP contribution < -0.4 is 10.3 Å². The van der Waals surface area contributed by atoms with Crippen LogP contribution in [0.1, 0.15) is 37.5 Å². The van der Waals surface area contributed by atoms with Gasteiger partial charge in [0.05, 0.1) is 5.70 Å². The molecular formula is C31H29N3. The Hall–Kier alpha value is -4.11. The van der Waals surface area contributed by atoms with E-state index in [2.05, 4.69) is 128 Å². The lowest BCUT2D eigenvalue weighted by molar-refractivity contribution is 0.590. The normalized spacial score (nSPS) is 13.7. The van der Waals surface area contributed by atoms with Crippen LogP contribution in [0.3, 0.4) is 0 Å².